The summed E-state index contributed by atoms with van der Waals surface area (Å²) in [5, 5.41) is 3.95. The maximum atomic E-state index is 13.3. The molecule has 0 aromatic heterocycles. The fourth-order valence-corrected chi connectivity index (χ4v) is 3.89. The summed E-state index contributed by atoms with van der Waals surface area (Å²) in [5.41, 5.74) is 2.00. The van der Waals surface area contributed by atoms with Gasteiger partial charge in [0.05, 0.1) is 25.2 Å². The van der Waals surface area contributed by atoms with E-state index in [1.807, 2.05) is 42.5 Å². The molecule has 1 amide bonds. The van der Waals surface area contributed by atoms with Crippen molar-refractivity contribution >= 4 is 17.5 Å². The first kappa shape index (κ1) is 21.5. The first-order valence-corrected chi connectivity index (χ1v) is 10.7. The van der Waals surface area contributed by atoms with Crippen molar-refractivity contribution < 1.29 is 14.3 Å². The SMILES string of the molecule is CC(C)[C@H](NC(=O)[C@@H](c1ccc(Cl)cc1)C(C)C)c1ccc2c(c1)OCCCO2. The third-order valence-corrected chi connectivity index (χ3v) is 5.53. The Balaban J connectivity index is 1.85. The van der Waals surface area contributed by atoms with E-state index >= 15 is 0 Å². The van der Waals surface area contributed by atoms with Gasteiger partial charge in [0.1, 0.15) is 0 Å². The minimum absolute atomic E-state index is 0.0214. The van der Waals surface area contributed by atoms with Gasteiger partial charge in [-0.1, -0.05) is 57.5 Å². The van der Waals surface area contributed by atoms with E-state index in [4.69, 9.17) is 21.1 Å². The van der Waals surface area contributed by atoms with Gasteiger partial charge in [0, 0.05) is 11.4 Å². The highest BCUT2D eigenvalue weighted by atomic mass is 35.5. The van der Waals surface area contributed by atoms with Crippen molar-refractivity contribution in [3.8, 4) is 11.5 Å². The van der Waals surface area contributed by atoms with Crippen molar-refractivity contribution in [3.05, 3.63) is 58.6 Å². The quantitative estimate of drug-likeness (QED) is 0.652. The zero-order valence-electron chi connectivity index (χ0n) is 17.6. The highest BCUT2D eigenvalue weighted by Gasteiger charge is 2.28. The predicted molar refractivity (Wildman–Crippen MR) is 117 cm³/mol. The molecule has 29 heavy (non-hydrogen) atoms. The molecular formula is C24H30ClNO3. The summed E-state index contributed by atoms with van der Waals surface area (Å²) in [5.74, 6) is 1.68. The van der Waals surface area contributed by atoms with Crippen LogP contribution in [-0.2, 0) is 4.79 Å². The van der Waals surface area contributed by atoms with Crippen LogP contribution in [0, 0.1) is 11.8 Å². The van der Waals surface area contributed by atoms with E-state index in [1.165, 1.54) is 0 Å². The van der Waals surface area contributed by atoms with Crippen molar-refractivity contribution in [2.75, 3.05) is 13.2 Å². The van der Waals surface area contributed by atoms with Crippen molar-refractivity contribution in [1.82, 2.24) is 5.32 Å². The molecule has 4 nitrogen and oxygen atoms in total. The van der Waals surface area contributed by atoms with Gasteiger partial charge in [-0.15, -0.1) is 0 Å². The first-order valence-electron chi connectivity index (χ1n) is 10.3. The van der Waals surface area contributed by atoms with E-state index < -0.39 is 0 Å². The Kier molecular flexibility index (Phi) is 7.07. The van der Waals surface area contributed by atoms with Crippen LogP contribution in [0.5, 0.6) is 11.5 Å². The molecule has 0 radical (unpaired) electrons. The molecule has 5 heteroatoms. The first-order chi connectivity index (χ1) is 13.9. The molecule has 0 saturated carbocycles. The standard InChI is InChI=1S/C24H30ClNO3/c1-15(2)22(17-6-9-19(25)10-7-17)24(27)26-23(16(3)4)18-8-11-20-21(14-18)29-13-5-12-28-20/h6-11,14-16,22-23H,5,12-13H2,1-4H3,(H,26,27)/t22-,23+/m1/s1. The van der Waals surface area contributed by atoms with E-state index in [0.717, 1.165) is 29.0 Å². The summed E-state index contributed by atoms with van der Waals surface area (Å²) in [6.45, 7) is 9.66. The molecule has 2 aromatic rings. The third kappa shape index (κ3) is 5.24. The van der Waals surface area contributed by atoms with Gasteiger partial charge in [-0.05, 0) is 47.2 Å². The Morgan fingerprint density at radius 3 is 2.14 bits per heavy atom. The van der Waals surface area contributed by atoms with Crippen LogP contribution in [0.4, 0.5) is 0 Å². The zero-order valence-corrected chi connectivity index (χ0v) is 18.3. The molecule has 2 aromatic carbocycles. The van der Waals surface area contributed by atoms with E-state index in [2.05, 4.69) is 33.0 Å². The molecule has 2 atom stereocenters. The number of fused-ring (bicyclic) bond motifs is 1. The zero-order chi connectivity index (χ0) is 21.0. The second-order valence-electron chi connectivity index (χ2n) is 8.26. The predicted octanol–water partition coefficient (Wildman–Crippen LogP) is 5.75. The third-order valence-electron chi connectivity index (χ3n) is 5.27. The van der Waals surface area contributed by atoms with E-state index in [-0.39, 0.29) is 29.7 Å². The molecule has 1 aliphatic rings. The van der Waals surface area contributed by atoms with Crippen LogP contribution in [-0.4, -0.2) is 19.1 Å². The monoisotopic (exact) mass is 415 g/mol. The number of halogens is 1. The van der Waals surface area contributed by atoms with E-state index in [0.29, 0.717) is 18.2 Å². The molecule has 1 N–H and O–H groups in total. The summed E-state index contributed by atoms with van der Waals surface area (Å²) in [6, 6.07) is 13.4. The number of hydrogen-bond donors (Lipinski definition) is 1. The highest BCUT2D eigenvalue weighted by molar-refractivity contribution is 6.30. The fourth-order valence-electron chi connectivity index (χ4n) is 3.76. The Morgan fingerprint density at radius 1 is 0.897 bits per heavy atom. The van der Waals surface area contributed by atoms with Crippen LogP contribution < -0.4 is 14.8 Å². The van der Waals surface area contributed by atoms with Gasteiger partial charge < -0.3 is 14.8 Å². The van der Waals surface area contributed by atoms with Crippen molar-refractivity contribution in [1.29, 1.82) is 0 Å². The summed E-state index contributed by atoms with van der Waals surface area (Å²) in [4.78, 5) is 13.3. The molecule has 0 spiro atoms. The number of rotatable bonds is 6. The molecule has 0 saturated heterocycles. The molecule has 0 unspecified atom stereocenters. The summed E-state index contributed by atoms with van der Waals surface area (Å²) >= 11 is 6.03. The molecule has 0 bridgehead atoms. The summed E-state index contributed by atoms with van der Waals surface area (Å²) in [7, 11) is 0. The lowest BCUT2D eigenvalue weighted by Crippen LogP contribution is -2.37. The Bertz CT molecular complexity index is 833. The number of ether oxygens (including phenoxy) is 2. The lowest BCUT2D eigenvalue weighted by Gasteiger charge is -2.28. The average molecular weight is 416 g/mol. The lowest BCUT2D eigenvalue weighted by atomic mass is 9.86. The topological polar surface area (TPSA) is 47.6 Å². The number of carbonyl (C=O) groups excluding carboxylic acids is 1. The van der Waals surface area contributed by atoms with E-state index in [1.54, 1.807) is 0 Å². The highest BCUT2D eigenvalue weighted by Crippen LogP contribution is 2.35. The van der Waals surface area contributed by atoms with Gasteiger partial charge >= 0.3 is 0 Å². The lowest BCUT2D eigenvalue weighted by molar-refractivity contribution is -0.124. The summed E-state index contributed by atoms with van der Waals surface area (Å²) in [6.07, 6.45) is 0.867. The minimum atomic E-state index is -0.242. The van der Waals surface area contributed by atoms with Crippen LogP contribution in [0.2, 0.25) is 5.02 Å². The van der Waals surface area contributed by atoms with Crippen LogP contribution in [0.1, 0.15) is 57.2 Å². The second kappa shape index (κ2) is 9.53. The Hall–Kier alpha value is -2.20. The van der Waals surface area contributed by atoms with Crippen LogP contribution in [0.15, 0.2) is 42.5 Å². The molecular weight excluding hydrogens is 386 g/mol. The molecule has 1 aliphatic heterocycles. The Labute approximate surface area is 178 Å². The summed E-state index contributed by atoms with van der Waals surface area (Å²) < 4.78 is 11.6. The maximum Gasteiger partial charge on any atom is 0.228 e. The smallest absolute Gasteiger partial charge is 0.228 e. The number of benzene rings is 2. The van der Waals surface area contributed by atoms with Gasteiger partial charge in [-0.3, -0.25) is 4.79 Å². The number of hydrogen-bond acceptors (Lipinski definition) is 3. The van der Waals surface area contributed by atoms with Gasteiger partial charge in [-0.2, -0.15) is 0 Å². The van der Waals surface area contributed by atoms with Gasteiger partial charge in [0.2, 0.25) is 5.91 Å². The molecule has 0 aliphatic carbocycles. The van der Waals surface area contributed by atoms with Gasteiger partial charge in [0.25, 0.3) is 0 Å². The molecule has 3 rings (SSSR count). The number of carbonyl (C=O) groups is 1. The number of amides is 1. The minimum Gasteiger partial charge on any atom is -0.490 e. The molecule has 1 heterocycles. The van der Waals surface area contributed by atoms with Crippen molar-refractivity contribution in [3.63, 3.8) is 0 Å². The normalized spacial score (nSPS) is 15.7. The average Bonchev–Trinajstić information content (AvgIpc) is 2.92. The van der Waals surface area contributed by atoms with E-state index in [9.17, 15) is 4.79 Å². The van der Waals surface area contributed by atoms with Gasteiger partial charge in [-0.25, -0.2) is 0 Å². The van der Waals surface area contributed by atoms with Crippen molar-refractivity contribution in [2.24, 2.45) is 11.8 Å². The number of nitrogens with one attached hydrogen (secondary N) is 1. The van der Waals surface area contributed by atoms with Gasteiger partial charge in [0.15, 0.2) is 11.5 Å². The fraction of sp³-hybridized carbons (Fsp3) is 0.458. The largest absolute Gasteiger partial charge is 0.490 e. The molecule has 156 valence electrons. The molecule has 0 fully saturated rings. The maximum absolute atomic E-state index is 13.3. The van der Waals surface area contributed by atoms with Crippen LogP contribution in [0.3, 0.4) is 0 Å². The van der Waals surface area contributed by atoms with Crippen LogP contribution >= 0.6 is 11.6 Å². The Morgan fingerprint density at radius 2 is 1.52 bits per heavy atom. The van der Waals surface area contributed by atoms with Crippen LogP contribution in [0.25, 0.3) is 0 Å². The second-order valence-corrected chi connectivity index (χ2v) is 8.70. The van der Waals surface area contributed by atoms with Crippen molar-refractivity contribution in [2.45, 2.75) is 46.1 Å².